The van der Waals surface area contributed by atoms with Crippen LogP contribution < -0.4 is 15.0 Å². The second-order valence-corrected chi connectivity index (χ2v) is 9.68. The van der Waals surface area contributed by atoms with Crippen LogP contribution in [0, 0.1) is 6.92 Å². The molecule has 1 aliphatic rings. The van der Waals surface area contributed by atoms with Crippen molar-refractivity contribution in [3.05, 3.63) is 97.4 Å². The van der Waals surface area contributed by atoms with Crippen LogP contribution in [0.2, 0.25) is 0 Å². The van der Waals surface area contributed by atoms with Gasteiger partial charge in [-0.3, -0.25) is 14.9 Å². The molecule has 0 bridgehead atoms. The fourth-order valence-electron chi connectivity index (χ4n) is 3.76. The smallest absolute Gasteiger partial charge is 0.335 e. The van der Waals surface area contributed by atoms with Gasteiger partial charge in [0.15, 0.2) is 0 Å². The number of barbiturate groups is 1. The van der Waals surface area contributed by atoms with Crippen molar-refractivity contribution in [2.24, 2.45) is 0 Å². The van der Waals surface area contributed by atoms with E-state index in [1.165, 1.54) is 6.08 Å². The molecule has 4 rings (SSSR count). The van der Waals surface area contributed by atoms with Gasteiger partial charge in [-0.25, -0.2) is 9.69 Å². The van der Waals surface area contributed by atoms with E-state index in [9.17, 15) is 14.4 Å². The van der Waals surface area contributed by atoms with Gasteiger partial charge < -0.3 is 4.74 Å². The Labute approximate surface area is 220 Å². The molecule has 0 atom stereocenters. The van der Waals surface area contributed by atoms with E-state index in [2.05, 4.69) is 37.2 Å². The highest BCUT2D eigenvalue weighted by atomic mass is 79.9. The summed E-state index contributed by atoms with van der Waals surface area (Å²) in [7, 11) is 0. The third-order valence-corrected chi connectivity index (χ3v) is 6.99. The number of hydrogen-bond acceptors (Lipinski definition) is 4. The largest absolute Gasteiger partial charge is 0.494 e. The molecular weight excluding hydrogens is 576 g/mol. The monoisotopic (exact) mass is 596 g/mol. The SMILES string of the molecule is CCOc1cc(/C=C2\C(=O)NC(=O)N(c3ccc(C)cc3)C2=O)cc(Br)c1Cc1ccccc1Br. The zero-order valence-corrected chi connectivity index (χ0v) is 22.3. The molecule has 1 fully saturated rings. The Kier molecular flexibility index (Phi) is 7.52. The van der Waals surface area contributed by atoms with Gasteiger partial charge in [0.25, 0.3) is 11.8 Å². The maximum Gasteiger partial charge on any atom is 0.335 e. The number of amides is 4. The number of rotatable bonds is 6. The van der Waals surface area contributed by atoms with Gasteiger partial charge in [0.1, 0.15) is 11.3 Å². The Morgan fingerprint density at radius 2 is 1.69 bits per heavy atom. The molecule has 0 saturated carbocycles. The summed E-state index contributed by atoms with van der Waals surface area (Å²) in [6.45, 7) is 4.25. The van der Waals surface area contributed by atoms with E-state index in [1.807, 2.05) is 44.2 Å². The number of urea groups is 1. The van der Waals surface area contributed by atoms with Crippen LogP contribution in [0.4, 0.5) is 10.5 Å². The number of carbonyl (C=O) groups is 3. The topological polar surface area (TPSA) is 75.7 Å². The molecule has 0 unspecified atom stereocenters. The molecule has 8 heteroatoms. The van der Waals surface area contributed by atoms with Crippen LogP contribution in [-0.4, -0.2) is 24.5 Å². The molecular formula is C27H22Br2N2O4. The highest BCUT2D eigenvalue weighted by Gasteiger charge is 2.36. The minimum atomic E-state index is -0.777. The summed E-state index contributed by atoms with van der Waals surface area (Å²) in [6.07, 6.45) is 2.09. The first-order chi connectivity index (χ1) is 16.8. The fraction of sp³-hybridized carbons (Fsp3) is 0.148. The minimum absolute atomic E-state index is 0.141. The van der Waals surface area contributed by atoms with Crippen LogP contribution in [0.15, 0.2) is 75.2 Å². The van der Waals surface area contributed by atoms with E-state index in [1.54, 1.807) is 30.3 Å². The number of hydrogen-bond donors (Lipinski definition) is 1. The number of nitrogens with zero attached hydrogens (tertiary/aromatic N) is 1. The summed E-state index contributed by atoms with van der Waals surface area (Å²) in [5.74, 6) is -0.789. The minimum Gasteiger partial charge on any atom is -0.494 e. The van der Waals surface area contributed by atoms with Crippen LogP contribution in [-0.2, 0) is 16.0 Å². The summed E-state index contributed by atoms with van der Waals surface area (Å²) in [4.78, 5) is 39.2. The molecule has 0 aromatic heterocycles. The van der Waals surface area contributed by atoms with E-state index >= 15 is 0 Å². The third-order valence-electron chi connectivity index (χ3n) is 5.51. The maximum atomic E-state index is 13.2. The molecule has 1 saturated heterocycles. The first kappa shape index (κ1) is 24.9. The van der Waals surface area contributed by atoms with E-state index in [-0.39, 0.29) is 5.57 Å². The molecule has 1 aliphatic heterocycles. The van der Waals surface area contributed by atoms with Gasteiger partial charge in [-0.15, -0.1) is 0 Å². The quantitative estimate of drug-likeness (QED) is 0.272. The van der Waals surface area contributed by atoms with E-state index in [4.69, 9.17) is 4.74 Å². The highest BCUT2D eigenvalue weighted by molar-refractivity contribution is 9.10. The third kappa shape index (κ3) is 5.39. The molecule has 3 aromatic carbocycles. The Hall–Kier alpha value is -3.23. The summed E-state index contributed by atoms with van der Waals surface area (Å²) in [5.41, 5.74) is 3.86. The summed E-state index contributed by atoms with van der Waals surface area (Å²) in [6, 6.07) is 17.7. The molecule has 0 aliphatic carbocycles. The second kappa shape index (κ2) is 10.6. The van der Waals surface area contributed by atoms with E-state index < -0.39 is 17.8 Å². The lowest BCUT2D eigenvalue weighted by Crippen LogP contribution is -2.54. The van der Waals surface area contributed by atoms with Crippen molar-refractivity contribution in [2.75, 3.05) is 11.5 Å². The Balaban J connectivity index is 1.72. The Morgan fingerprint density at radius 1 is 0.971 bits per heavy atom. The first-order valence-corrected chi connectivity index (χ1v) is 12.5. The molecule has 1 heterocycles. The first-order valence-electron chi connectivity index (χ1n) is 10.9. The lowest BCUT2D eigenvalue weighted by molar-refractivity contribution is -0.122. The zero-order valence-electron chi connectivity index (χ0n) is 19.1. The predicted octanol–water partition coefficient (Wildman–Crippen LogP) is 6.18. The normalized spacial score (nSPS) is 14.9. The van der Waals surface area contributed by atoms with Crippen molar-refractivity contribution < 1.29 is 19.1 Å². The Bertz CT molecular complexity index is 1350. The van der Waals surface area contributed by atoms with Gasteiger partial charge in [0.05, 0.1) is 12.3 Å². The van der Waals surface area contributed by atoms with Crippen molar-refractivity contribution in [1.29, 1.82) is 0 Å². The number of halogens is 2. The highest BCUT2D eigenvalue weighted by Crippen LogP contribution is 2.34. The van der Waals surface area contributed by atoms with Crippen molar-refractivity contribution in [1.82, 2.24) is 5.32 Å². The Morgan fingerprint density at radius 3 is 2.37 bits per heavy atom. The molecule has 0 spiro atoms. The standard InChI is InChI=1S/C27H22Br2N2O4/c1-3-35-24-14-17(13-23(29)20(24)15-18-6-4-5-7-22(18)28)12-21-25(32)30-27(34)31(26(21)33)19-10-8-16(2)9-11-19/h4-14H,3,15H2,1-2H3,(H,30,32,34)/b21-12+. The average Bonchev–Trinajstić information content (AvgIpc) is 2.81. The number of ether oxygens (including phenoxy) is 1. The van der Waals surface area contributed by atoms with Crippen molar-refractivity contribution >= 4 is 61.5 Å². The zero-order chi connectivity index (χ0) is 25.1. The molecule has 6 nitrogen and oxygen atoms in total. The summed E-state index contributed by atoms with van der Waals surface area (Å²) in [5, 5.41) is 2.26. The lowest BCUT2D eigenvalue weighted by atomic mass is 10.0. The van der Waals surface area contributed by atoms with Gasteiger partial charge in [-0.1, -0.05) is 67.8 Å². The number of anilines is 1. The fourth-order valence-corrected chi connectivity index (χ4v) is 4.78. The van der Waals surface area contributed by atoms with Crippen molar-refractivity contribution in [3.8, 4) is 5.75 Å². The molecule has 35 heavy (non-hydrogen) atoms. The van der Waals surface area contributed by atoms with Crippen LogP contribution in [0.5, 0.6) is 5.75 Å². The van der Waals surface area contributed by atoms with Crippen LogP contribution in [0.3, 0.4) is 0 Å². The number of aryl methyl sites for hydroxylation is 1. The van der Waals surface area contributed by atoms with Crippen LogP contribution in [0.1, 0.15) is 29.2 Å². The van der Waals surface area contributed by atoms with Gasteiger partial charge in [0, 0.05) is 20.9 Å². The van der Waals surface area contributed by atoms with Crippen LogP contribution in [0.25, 0.3) is 6.08 Å². The van der Waals surface area contributed by atoms with Crippen LogP contribution >= 0.6 is 31.9 Å². The van der Waals surface area contributed by atoms with Gasteiger partial charge in [-0.2, -0.15) is 0 Å². The number of benzene rings is 3. The lowest BCUT2D eigenvalue weighted by Gasteiger charge is -2.26. The van der Waals surface area contributed by atoms with Gasteiger partial charge in [-0.05, 0) is 61.4 Å². The maximum absolute atomic E-state index is 13.2. The van der Waals surface area contributed by atoms with Crippen molar-refractivity contribution in [3.63, 3.8) is 0 Å². The molecule has 3 aromatic rings. The molecule has 0 radical (unpaired) electrons. The number of carbonyl (C=O) groups excluding carboxylic acids is 3. The number of imide groups is 2. The summed E-state index contributed by atoms with van der Waals surface area (Å²) >= 11 is 7.22. The van der Waals surface area contributed by atoms with Gasteiger partial charge >= 0.3 is 6.03 Å². The second-order valence-electron chi connectivity index (χ2n) is 7.97. The summed E-state index contributed by atoms with van der Waals surface area (Å²) < 4.78 is 7.68. The molecule has 4 amide bonds. The van der Waals surface area contributed by atoms with E-state index in [0.717, 1.165) is 30.5 Å². The number of nitrogens with one attached hydrogen (secondary N) is 1. The van der Waals surface area contributed by atoms with Crippen molar-refractivity contribution in [2.45, 2.75) is 20.3 Å². The van der Waals surface area contributed by atoms with Gasteiger partial charge in [0.2, 0.25) is 0 Å². The molecule has 1 N–H and O–H groups in total. The average molecular weight is 598 g/mol. The molecule has 178 valence electrons. The van der Waals surface area contributed by atoms with E-state index in [0.29, 0.717) is 30.0 Å². The predicted molar refractivity (Wildman–Crippen MR) is 142 cm³/mol.